The molecule has 3 N–H and O–H groups in total. The molecule has 0 aliphatic carbocycles. The highest BCUT2D eigenvalue weighted by Gasteiger charge is 2.41. The van der Waals surface area contributed by atoms with Crippen molar-refractivity contribution in [3.05, 3.63) is 23.2 Å². The van der Waals surface area contributed by atoms with E-state index in [1.807, 2.05) is 0 Å². The monoisotopic (exact) mass is 223 g/mol. The minimum absolute atomic E-state index is 0.438. The van der Waals surface area contributed by atoms with E-state index < -0.39 is 35.1 Å². The summed E-state index contributed by atoms with van der Waals surface area (Å²) in [6.07, 6.45) is -4.98. The van der Waals surface area contributed by atoms with Gasteiger partial charge in [-0.25, -0.2) is 4.79 Å². The van der Waals surface area contributed by atoms with Crippen LogP contribution in [0.3, 0.4) is 0 Å². The standard InChI is InChI=1S/C7H4F3NO4/c8-7(9,10)4-2(6(13)14)1-3(15-4)5(11)12/h1H,(H2,11,12)(H,13,14). The fourth-order valence-corrected chi connectivity index (χ4v) is 0.882. The van der Waals surface area contributed by atoms with Crippen molar-refractivity contribution in [3.8, 4) is 0 Å². The minimum atomic E-state index is -4.98. The molecule has 0 aliphatic heterocycles. The molecule has 15 heavy (non-hydrogen) atoms. The second-order valence-corrected chi connectivity index (χ2v) is 2.52. The first kappa shape index (κ1) is 11.1. The minimum Gasteiger partial charge on any atom is -0.478 e. The second-order valence-electron chi connectivity index (χ2n) is 2.52. The highest BCUT2D eigenvalue weighted by Crippen LogP contribution is 2.34. The normalized spacial score (nSPS) is 11.4. The van der Waals surface area contributed by atoms with E-state index in [1.54, 1.807) is 0 Å². The molecule has 5 nitrogen and oxygen atoms in total. The predicted molar refractivity (Wildman–Crippen MR) is 39.2 cm³/mol. The molecule has 0 fully saturated rings. The number of carboxylic acids is 1. The van der Waals surface area contributed by atoms with Gasteiger partial charge in [0.05, 0.1) is 0 Å². The number of alkyl halides is 3. The summed E-state index contributed by atoms with van der Waals surface area (Å²) in [5, 5.41) is 8.41. The third-order valence-electron chi connectivity index (χ3n) is 1.46. The van der Waals surface area contributed by atoms with E-state index in [0.717, 1.165) is 0 Å². The first-order valence-electron chi connectivity index (χ1n) is 3.47. The summed E-state index contributed by atoms with van der Waals surface area (Å²) in [7, 11) is 0. The Morgan fingerprint density at radius 2 is 1.93 bits per heavy atom. The van der Waals surface area contributed by atoms with Crippen LogP contribution in [0.5, 0.6) is 0 Å². The van der Waals surface area contributed by atoms with E-state index in [9.17, 15) is 22.8 Å². The van der Waals surface area contributed by atoms with Crippen LogP contribution in [0.15, 0.2) is 10.5 Å². The molecule has 0 aromatic carbocycles. The molecule has 1 amide bonds. The van der Waals surface area contributed by atoms with Crippen molar-refractivity contribution in [3.63, 3.8) is 0 Å². The summed E-state index contributed by atoms with van der Waals surface area (Å²) in [5.74, 6) is -5.71. The molecule has 0 saturated heterocycles. The fourth-order valence-electron chi connectivity index (χ4n) is 0.882. The molecule has 0 saturated carbocycles. The van der Waals surface area contributed by atoms with Gasteiger partial charge in [-0.1, -0.05) is 0 Å². The van der Waals surface area contributed by atoms with Crippen LogP contribution in [0.4, 0.5) is 13.2 Å². The van der Waals surface area contributed by atoms with Crippen molar-refractivity contribution in [1.82, 2.24) is 0 Å². The average molecular weight is 223 g/mol. The number of carboxylic acid groups (broad SMARTS) is 1. The molecule has 0 aliphatic rings. The van der Waals surface area contributed by atoms with E-state index in [-0.39, 0.29) is 0 Å². The highest BCUT2D eigenvalue weighted by atomic mass is 19.4. The van der Waals surface area contributed by atoms with Gasteiger partial charge in [-0.2, -0.15) is 13.2 Å². The van der Waals surface area contributed by atoms with Crippen molar-refractivity contribution < 1.29 is 32.3 Å². The molecule has 0 unspecified atom stereocenters. The van der Waals surface area contributed by atoms with Crippen LogP contribution in [0.1, 0.15) is 26.7 Å². The number of aromatic carboxylic acids is 1. The number of carbonyl (C=O) groups excluding carboxylic acids is 1. The maximum absolute atomic E-state index is 12.2. The predicted octanol–water partition coefficient (Wildman–Crippen LogP) is 1.10. The number of nitrogens with two attached hydrogens (primary N) is 1. The van der Waals surface area contributed by atoms with E-state index in [0.29, 0.717) is 6.07 Å². The Morgan fingerprint density at radius 3 is 2.20 bits per heavy atom. The summed E-state index contributed by atoms with van der Waals surface area (Å²) < 4.78 is 40.6. The third-order valence-corrected chi connectivity index (χ3v) is 1.46. The van der Waals surface area contributed by atoms with E-state index in [1.165, 1.54) is 0 Å². The largest absolute Gasteiger partial charge is 0.478 e. The molecule has 0 bridgehead atoms. The average Bonchev–Trinajstić information content (AvgIpc) is 2.45. The zero-order valence-corrected chi connectivity index (χ0v) is 6.96. The van der Waals surface area contributed by atoms with Crippen molar-refractivity contribution in [1.29, 1.82) is 0 Å². The SMILES string of the molecule is NC(=O)c1cc(C(=O)O)c(C(F)(F)F)o1. The van der Waals surface area contributed by atoms with Gasteiger partial charge in [0.25, 0.3) is 5.91 Å². The van der Waals surface area contributed by atoms with Gasteiger partial charge in [0.15, 0.2) is 5.76 Å². The lowest BCUT2D eigenvalue weighted by molar-refractivity contribution is -0.153. The number of hydrogen-bond acceptors (Lipinski definition) is 3. The topological polar surface area (TPSA) is 93.5 Å². The van der Waals surface area contributed by atoms with Crippen LogP contribution < -0.4 is 5.73 Å². The lowest BCUT2D eigenvalue weighted by Gasteiger charge is -2.02. The summed E-state index contributed by atoms with van der Waals surface area (Å²) in [5.41, 5.74) is 3.50. The van der Waals surface area contributed by atoms with Gasteiger partial charge in [-0.15, -0.1) is 0 Å². The molecular formula is C7H4F3NO4. The lowest BCUT2D eigenvalue weighted by atomic mass is 10.2. The second kappa shape index (κ2) is 3.30. The number of amides is 1. The van der Waals surface area contributed by atoms with Gasteiger partial charge >= 0.3 is 12.1 Å². The van der Waals surface area contributed by atoms with Gasteiger partial charge in [0, 0.05) is 6.07 Å². The molecule has 1 aromatic heterocycles. The summed E-state index contributed by atoms with van der Waals surface area (Å²) in [6.45, 7) is 0. The molecule has 1 rings (SSSR count). The molecule has 1 heterocycles. The van der Waals surface area contributed by atoms with Crippen LogP contribution in [-0.4, -0.2) is 17.0 Å². The molecule has 1 aromatic rings. The van der Waals surface area contributed by atoms with Gasteiger partial charge in [0.1, 0.15) is 5.56 Å². The fraction of sp³-hybridized carbons (Fsp3) is 0.143. The Balaban J connectivity index is 3.37. The molecule has 82 valence electrons. The molecular weight excluding hydrogens is 219 g/mol. The first-order valence-corrected chi connectivity index (χ1v) is 3.47. The lowest BCUT2D eigenvalue weighted by Crippen LogP contribution is -2.10. The Kier molecular flexibility index (Phi) is 2.44. The van der Waals surface area contributed by atoms with Crippen molar-refractivity contribution in [2.24, 2.45) is 5.73 Å². The number of hydrogen-bond donors (Lipinski definition) is 2. The zero-order valence-electron chi connectivity index (χ0n) is 6.96. The van der Waals surface area contributed by atoms with Crippen LogP contribution in [0.25, 0.3) is 0 Å². The van der Waals surface area contributed by atoms with Gasteiger partial charge in [0.2, 0.25) is 5.76 Å². The Morgan fingerprint density at radius 1 is 1.40 bits per heavy atom. The maximum atomic E-state index is 12.2. The highest BCUT2D eigenvalue weighted by molar-refractivity contribution is 5.95. The summed E-state index contributed by atoms with van der Waals surface area (Å²) in [4.78, 5) is 20.9. The number of rotatable bonds is 2. The summed E-state index contributed by atoms with van der Waals surface area (Å²) in [6, 6.07) is 0.438. The molecule has 0 spiro atoms. The molecule has 8 heteroatoms. The quantitative estimate of drug-likeness (QED) is 0.784. The van der Waals surface area contributed by atoms with Crippen molar-refractivity contribution >= 4 is 11.9 Å². The number of primary amides is 1. The summed E-state index contributed by atoms with van der Waals surface area (Å²) >= 11 is 0. The smallest absolute Gasteiger partial charge is 0.450 e. The van der Waals surface area contributed by atoms with E-state index in [4.69, 9.17) is 5.11 Å². The van der Waals surface area contributed by atoms with Crippen LogP contribution in [0, 0.1) is 0 Å². The molecule has 0 radical (unpaired) electrons. The van der Waals surface area contributed by atoms with E-state index in [2.05, 4.69) is 10.2 Å². The van der Waals surface area contributed by atoms with Gasteiger partial charge < -0.3 is 15.3 Å². The van der Waals surface area contributed by atoms with E-state index >= 15 is 0 Å². The van der Waals surface area contributed by atoms with Gasteiger partial charge in [-0.05, 0) is 0 Å². The van der Waals surface area contributed by atoms with Gasteiger partial charge in [-0.3, -0.25) is 4.79 Å². The zero-order chi connectivity index (χ0) is 11.8. The van der Waals surface area contributed by atoms with Crippen molar-refractivity contribution in [2.75, 3.05) is 0 Å². The Bertz CT molecular complexity index is 420. The van der Waals surface area contributed by atoms with Crippen LogP contribution >= 0.6 is 0 Å². The number of furan rings is 1. The Hall–Kier alpha value is -1.99. The molecule has 0 atom stereocenters. The van der Waals surface area contributed by atoms with Crippen LogP contribution in [0.2, 0.25) is 0 Å². The van der Waals surface area contributed by atoms with Crippen LogP contribution in [-0.2, 0) is 6.18 Å². The third kappa shape index (κ3) is 2.09. The number of carbonyl (C=O) groups is 2. The maximum Gasteiger partial charge on any atom is 0.450 e. The number of halogens is 3. The first-order chi connectivity index (χ1) is 6.73. The Labute approximate surface area is 80.3 Å². The van der Waals surface area contributed by atoms with Crippen molar-refractivity contribution in [2.45, 2.75) is 6.18 Å².